The van der Waals surface area contributed by atoms with Gasteiger partial charge in [0.1, 0.15) is 4.99 Å². The molecule has 1 fully saturated rings. The average Bonchev–Trinajstić information content (AvgIpc) is 2.37. The number of anilines is 1. The number of nitrogens with two attached hydrogens (primary N) is 1. The molecule has 0 bridgehead atoms. The fourth-order valence-corrected chi connectivity index (χ4v) is 2.62. The van der Waals surface area contributed by atoms with Gasteiger partial charge >= 0.3 is 0 Å². The Morgan fingerprint density at radius 1 is 1.63 bits per heavy atom. The molecule has 4 nitrogen and oxygen atoms in total. The molecule has 1 heterocycles. The Labute approximate surface area is 127 Å². The first kappa shape index (κ1) is 14.7. The lowest BCUT2D eigenvalue weighted by molar-refractivity contribution is -0.0117. The Hall–Kier alpha value is -0.690. The van der Waals surface area contributed by atoms with Crippen LogP contribution in [0.1, 0.15) is 5.56 Å². The van der Waals surface area contributed by atoms with E-state index >= 15 is 0 Å². The van der Waals surface area contributed by atoms with Gasteiger partial charge in [0.25, 0.3) is 0 Å². The summed E-state index contributed by atoms with van der Waals surface area (Å²) in [5, 5.41) is 3.37. The van der Waals surface area contributed by atoms with Crippen molar-refractivity contribution in [2.75, 3.05) is 38.6 Å². The fraction of sp³-hybridized carbons (Fsp3) is 0.462. The van der Waals surface area contributed by atoms with E-state index in [4.69, 9.17) is 22.7 Å². The minimum absolute atomic E-state index is 0.196. The average molecular weight is 344 g/mol. The second-order valence-corrected chi connectivity index (χ2v) is 6.05. The molecule has 3 N–H and O–H groups in total. The van der Waals surface area contributed by atoms with Gasteiger partial charge in [0.2, 0.25) is 0 Å². The first-order valence-electron chi connectivity index (χ1n) is 6.19. The maximum absolute atomic E-state index is 5.75. The standard InChI is InChI=1S/C13H18BrN3OS/c1-17-4-5-18-10(8-17)7-16-12-3-2-9(14)6-11(12)13(15)19/h2-3,6,10,16H,4-5,7-8H2,1H3,(H2,15,19). The van der Waals surface area contributed by atoms with Crippen molar-refractivity contribution in [1.29, 1.82) is 0 Å². The minimum Gasteiger partial charge on any atom is -0.389 e. The third kappa shape index (κ3) is 4.14. The second-order valence-electron chi connectivity index (χ2n) is 4.69. The molecule has 1 aliphatic heterocycles. The second kappa shape index (κ2) is 6.65. The smallest absolute Gasteiger partial charge is 0.106 e. The van der Waals surface area contributed by atoms with Crippen molar-refractivity contribution in [2.45, 2.75) is 6.10 Å². The molecule has 0 saturated carbocycles. The molecule has 0 amide bonds. The van der Waals surface area contributed by atoms with E-state index in [2.05, 4.69) is 33.2 Å². The summed E-state index contributed by atoms with van der Waals surface area (Å²) < 4.78 is 6.68. The Morgan fingerprint density at radius 3 is 3.11 bits per heavy atom. The summed E-state index contributed by atoms with van der Waals surface area (Å²) in [6.45, 7) is 3.46. The third-order valence-electron chi connectivity index (χ3n) is 3.11. The highest BCUT2D eigenvalue weighted by Crippen LogP contribution is 2.21. The van der Waals surface area contributed by atoms with E-state index in [1.807, 2.05) is 18.2 Å². The van der Waals surface area contributed by atoms with E-state index in [1.54, 1.807) is 0 Å². The van der Waals surface area contributed by atoms with Crippen molar-refractivity contribution in [3.05, 3.63) is 28.2 Å². The van der Waals surface area contributed by atoms with Gasteiger partial charge in [-0.05, 0) is 25.2 Å². The van der Waals surface area contributed by atoms with Crippen LogP contribution in [0.25, 0.3) is 0 Å². The van der Waals surface area contributed by atoms with Crippen LogP contribution in [0.3, 0.4) is 0 Å². The molecule has 1 aromatic carbocycles. The number of ether oxygens (including phenoxy) is 1. The van der Waals surface area contributed by atoms with Gasteiger partial charge in [-0.3, -0.25) is 0 Å². The van der Waals surface area contributed by atoms with Gasteiger partial charge in [-0.25, -0.2) is 0 Å². The molecule has 2 rings (SSSR count). The van der Waals surface area contributed by atoms with Crippen LogP contribution >= 0.6 is 28.1 Å². The molecule has 1 atom stereocenters. The van der Waals surface area contributed by atoms with Gasteiger partial charge in [-0.2, -0.15) is 0 Å². The number of hydrogen-bond acceptors (Lipinski definition) is 4. The van der Waals surface area contributed by atoms with Crippen LogP contribution in [0.2, 0.25) is 0 Å². The Bertz CT molecular complexity index is 469. The summed E-state index contributed by atoms with van der Waals surface area (Å²) in [4.78, 5) is 2.66. The summed E-state index contributed by atoms with van der Waals surface area (Å²) >= 11 is 8.50. The Kier molecular flexibility index (Phi) is 5.15. The van der Waals surface area contributed by atoms with Crippen LogP contribution in [0.15, 0.2) is 22.7 Å². The number of likely N-dealkylation sites (N-methyl/N-ethyl adjacent to an activating group) is 1. The molecule has 104 valence electrons. The quantitative estimate of drug-likeness (QED) is 0.817. The number of halogens is 1. The fourth-order valence-electron chi connectivity index (χ4n) is 2.09. The zero-order chi connectivity index (χ0) is 13.8. The zero-order valence-corrected chi connectivity index (χ0v) is 13.3. The zero-order valence-electron chi connectivity index (χ0n) is 10.9. The Morgan fingerprint density at radius 2 is 2.42 bits per heavy atom. The summed E-state index contributed by atoms with van der Waals surface area (Å²) in [6, 6.07) is 5.88. The van der Waals surface area contributed by atoms with Gasteiger partial charge in [0, 0.05) is 35.4 Å². The third-order valence-corrected chi connectivity index (χ3v) is 3.82. The topological polar surface area (TPSA) is 50.5 Å². The van der Waals surface area contributed by atoms with Crippen molar-refractivity contribution in [3.8, 4) is 0 Å². The molecule has 0 aliphatic carbocycles. The van der Waals surface area contributed by atoms with E-state index in [-0.39, 0.29) is 6.10 Å². The lowest BCUT2D eigenvalue weighted by Crippen LogP contribution is -2.43. The lowest BCUT2D eigenvalue weighted by Gasteiger charge is -2.30. The highest BCUT2D eigenvalue weighted by molar-refractivity contribution is 9.10. The molecule has 1 aromatic rings. The van der Waals surface area contributed by atoms with Crippen molar-refractivity contribution in [1.82, 2.24) is 4.90 Å². The molecular formula is C13H18BrN3OS. The Balaban J connectivity index is 2.01. The number of thiocarbonyl (C=S) groups is 1. The van der Waals surface area contributed by atoms with Crippen molar-refractivity contribution < 1.29 is 4.74 Å². The maximum Gasteiger partial charge on any atom is 0.106 e. The summed E-state index contributed by atoms with van der Waals surface area (Å²) in [7, 11) is 2.11. The number of hydrogen-bond donors (Lipinski definition) is 2. The largest absolute Gasteiger partial charge is 0.389 e. The van der Waals surface area contributed by atoms with Gasteiger partial charge < -0.3 is 20.7 Å². The molecule has 6 heteroatoms. The van der Waals surface area contributed by atoms with Crippen molar-refractivity contribution in [2.24, 2.45) is 5.73 Å². The predicted molar refractivity (Wildman–Crippen MR) is 85.8 cm³/mol. The summed E-state index contributed by atoms with van der Waals surface area (Å²) in [5.41, 5.74) is 7.55. The molecule has 0 radical (unpaired) electrons. The van der Waals surface area contributed by atoms with E-state index < -0.39 is 0 Å². The van der Waals surface area contributed by atoms with E-state index in [0.29, 0.717) is 4.99 Å². The van der Waals surface area contributed by atoms with Gasteiger partial charge in [0.05, 0.1) is 12.7 Å². The maximum atomic E-state index is 5.75. The summed E-state index contributed by atoms with van der Waals surface area (Å²) in [5.74, 6) is 0. The van der Waals surface area contributed by atoms with Crippen LogP contribution in [-0.4, -0.2) is 49.3 Å². The highest BCUT2D eigenvalue weighted by Gasteiger charge is 2.17. The van der Waals surface area contributed by atoms with Gasteiger partial charge in [0.15, 0.2) is 0 Å². The van der Waals surface area contributed by atoms with Crippen LogP contribution in [0.5, 0.6) is 0 Å². The van der Waals surface area contributed by atoms with Gasteiger partial charge in [-0.1, -0.05) is 28.1 Å². The van der Waals surface area contributed by atoms with Crippen LogP contribution in [0.4, 0.5) is 5.69 Å². The first-order valence-corrected chi connectivity index (χ1v) is 7.40. The van der Waals surface area contributed by atoms with Gasteiger partial charge in [-0.15, -0.1) is 0 Å². The van der Waals surface area contributed by atoms with E-state index in [0.717, 1.165) is 42.0 Å². The molecular weight excluding hydrogens is 326 g/mol. The van der Waals surface area contributed by atoms with E-state index in [9.17, 15) is 0 Å². The molecule has 19 heavy (non-hydrogen) atoms. The lowest BCUT2D eigenvalue weighted by atomic mass is 10.1. The minimum atomic E-state index is 0.196. The van der Waals surface area contributed by atoms with E-state index in [1.165, 1.54) is 0 Å². The molecule has 1 unspecified atom stereocenters. The number of morpholine rings is 1. The normalized spacial score (nSPS) is 20.2. The molecule has 1 saturated heterocycles. The molecule has 0 aromatic heterocycles. The van der Waals surface area contributed by atoms with Crippen LogP contribution in [0, 0.1) is 0 Å². The monoisotopic (exact) mass is 343 g/mol. The van der Waals surface area contributed by atoms with Crippen molar-refractivity contribution in [3.63, 3.8) is 0 Å². The SMILES string of the molecule is CN1CCOC(CNc2ccc(Br)cc2C(N)=S)C1. The van der Waals surface area contributed by atoms with Crippen molar-refractivity contribution >= 4 is 38.8 Å². The number of rotatable bonds is 4. The van der Waals surface area contributed by atoms with Crippen LogP contribution < -0.4 is 11.1 Å². The summed E-state index contributed by atoms with van der Waals surface area (Å²) in [6.07, 6.45) is 0.196. The number of nitrogens with one attached hydrogen (secondary N) is 1. The molecule has 1 aliphatic rings. The number of benzene rings is 1. The predicted octanol–water partition coefficient (Wildman–Crippen LogP) is 1.83. The number of nitrogens with zero attached hydrogens (tertiary/aromatic N) is 1. The highest BCUT2D eigenvalue weighted by atomic mass is 79.9. The first-order chi connectivity index (χ1) is 9.06. The van der Waals surface area contributed by atoms with Crippen LogP contribution in [-0.2, 0) is 4.74 Å². The molecule has 0 spiro atoms.